The number of aromatic nitrogens is 1. The van der Waals surface area contributed by atoms with Gasteiger partial charge in [0.25, 0.3) is 5.91 Å². The highest BCUT2D eigenvalue weighted by Crippen LogP contribution is 2.28. The number of rotatable bonds is 3. The van der Waals surface area contributed by atoms with Crippen LogP contribution in [0.3, 0.4) is 0 Å². The minimum absolute atomic E-state index is 0.0576. The quantitative estimate of drug-likeness (QED) is 0.850. The van der Waals surface area contributed by atoms with Gasteiger partial charge in [0.05, 0.1) is 6.20 Å². The van der Waals surface area contributed by atoms with Crippen molar-refractivity contribution in [3.8, 4) is 0 Å². The van der Waals surface area contributed by atoms with Crippen LogP contribution in [0.5, 0.6) is 0 Å². The number of halogens is 3. The lowest BCUT2D eigenvalue weighted by molar-refractivity contribution is -0.167. The Kier molecular flexibility index (Phi) is 4.29. The van der Waals surface area contributed by atoms with Gasteiger partial charge >= 0.3 is 12.1 Å². The molecule has 0 spiro atoms. The number of hydrogen-bond acceptors (Lipinski definition) is 5. The van der Waals surface area contributed by atoms with Crippen LogP contribution < -0.4 is 10.6 Å². The zero-order valence-electron chi connectivity index (χ0n) is 14.2. The van der Waals surface area contributed by atoms with Gasteiger partial charge < -0.3 is 14.6 Å². The van der Waals surface area contributed by atoms with Gasteiger partial charge in [0.15, 0.2) is 5.58 Å². The third kappa shape index (κ3) is 3.75. The second kappa shape index (κ2) is 6.52. The number of fused-ring (bicyclic) bond motifs is 3. The molecule has 2 N–H and O–H groups in total. The number of pyridine rings is 1. The van der Waals surface area contributed by atoms with E-state index < -0.39 is 12.1 Å². The molecule has 0 aliphatic carbocycles. The molecule has 4 heterocycles. The molecule has 27 heavy (non-hydrogen) atoms. The van der Waals surface area contributed by atoms with Crippen molar-refractivity contribution < 1.29 is 27.2 Å². The van der Waals surface area contributed by atoms with Crippen LogP contribution in [-0.4, -0.2) is 53.6 Å². The summed E-state index contributed by atoms with van der Waals surface area (Å²) in [5.41, 5.74) is 0.316. The van der Waals surface area contributed by atoms with Crippen molar-refractivity contribution >= 4 is 28.7 Å². The molecule has 2 bridgehead atoms. The first kappa shape index (κ1) is 17.8. The minimum Gasteiger partial charge on any atom is -0.439 e. The predicted octanol–water partition coefficient (Wildman–Crippen LogP) is 2.15. The van der Waals surface area contributed by atoms with E-state index in [1.807, 2.05) is 0 Å². The number of alkyl halides is 3. The predicted molar refractivity (Wildman–Crippen MR) is 89.1 cm³/mol. The van der Waals surface area contributed by atoms with Crippen molar-refractivity contribution in [1.82, 2.24) is 15.2 Å². The zero-order chi connectivity index (χ0) is 19.2. The highest BCUT2D eigenvalue weighted by molar-refractivity contribution is 5.98. The van der Waals surface area contributed by atoms with Crippen LogP contribution in [0.25, 0.3) is 11.0 Å². The van der Waals surface area contributed by atoms with E-state index in [9.17, 15) is 22.8 Å². The second-order valence-electron chi connectivity index (χ2n) is 6.99. The van der Waals surface area contributed by atoms with E-state index in [4.69, 9.17) is 4.42 Å². The van der Waals surface area contributed by atoms with Crippen LogP contribution in [0.1, 0.15) is 23.3 Å². The van der Waals surface area contributed by atoms with Gasteiger partial charge in [-0.15, -0.1) is 0 Å². The Labute approximate surface area is 151 Å². The Morgan fingerprint density at radius 1 is 1.26 bits per heavy atom. The average molecular weight is 382 g/mol. The van der Waals surface area contributed by atoms with Crippen molar-refractivity contribution in [2.24, 2.45) is 5.92 Å². The Hall–Kier alpha value is -2.62. The van der Waals surface area contributed by atoms with Gasteiger partial charge in [0.2, 0.25) is 5.88 Å². The van der Waals surface area contributed by atoms with Crippen LogP contribution in [0.15, 0.2) is 22.7 Å². The SMILES string of the molecule is O=C(N[C@@H]1C[C@H]2CCN(C2)C1)c1cc2cc(NC(=O)C(F)(F)F)oc2cn1. The summed E-state index contributed by atoms with van der Waals surface area (Å²) in [5.74, 6) is -2.22. The molecule has 2 amide bonds. The first-order valence-corrected chi connectivity index (χ1v) is 8.59. The summed E-state index contributed by atoms with van der Waals surface area (Å²) in [7, 11) is 0. The number of nitrogens with one attached hydrogen (secondary N) is 2. The average Bonchev–Trinajstić information content (AvgIpc) is 3.15. The second-order valence-corrected chi connectivity index (χ2v) is 6.99. The van der Waals surface area contributed by atoms with Crippen LogP contribution in [0.4, 0.5) is 19.1 Å². The molecule has 3 atom stereocenters. The molecule has 2 aromatic rings. The van der Waals surface area contributed by atoms with Gasteiger partial charge in [-0.2, -0.15) is 13.2 Å². The maximum Gasteiger partial charge on any atom is 0.471 e. The van der Waals surface area contributed by atoms with E-state index in [0.29, 0.717) is 11.3 Å². The number of carbonyl (C=O) groups is 2. The highest BCUT2D eigenvalue weighted by Gasteiger charge is 2.39. The standard InChI is InChI=1S/C17H17F3N4O3/c18-17(19,20)16(26)23-14-5-10-4-12(21-6-13(10)27-14)15(25)22-11-3-9-1-2-24(7-9)8-11/h4-6,9,11H,1-3,7-8H2,(H,22,25)(H,23,26)/t9-,11-/m1/s1. The van der Waals surface area contributed by atoms with Gasteiger partial charge in [-0.05, 0) is 31.4 Å². The topological polar surface area (TPSA) is 87.5 Å². The lowest BCUT2D eigenvalue weighted by Crippen LogP contribution is -2.47. The molecule has 0 aromatic carbocycles. The Balaban J connectivity index is 1.46. The van der Waals surface area contributed by atoms with E-state index >= 15 is 0 Å². The maximum absolute atomic E-state index is 12.5. The van der Waals surface area contributed by atoms with Gasteiger partial charge in [0.1, 0.15) is 5.69 Å². The summed E-state index contributed by atoms with van der Waals surface area (Å²) in [4.78, 5) is 29.8. The summed E-state index contributed by atoms with van der Waals surface area (Å²) in [6, 6.07) is 2.71. The molecule has 7 nitrogen and oxygen atoms in total. The zero-order valence-corrected chi connectivity index (χ0v) is 14.2. The molecule has 2 aliphatic rings. The first-order valence-electron chi connectivity index (χ1n) is 8.59. The van der Waals surface area contributed by atoms with E-state index in [1.54, 1.807) is 5.32 Å². The third-order valence-electron chi connectivity index (χ3n) is 4.93. The van der Waals surface area contributed by atoms with Crippen LogP contribution >= 0.6 is 0 Å². The number of anilines is 1. The molecular weight excluding hydrogens is 365 g/mol. The van der Waals surface area contributed by atoms with Crippen molar-refractivity contribution in [3.05, 3.63) is 24.0 Å². The largest absolute Gasteiger partial charge is 0.471 e. The number of carbonyl (C=O) groups excluding carboxylic acids is 2. The van der Waals surface area contributed by atoms with E-state index in [-0.39, 0.29) is 29.1 Å². The number of piperidine rings is 1. The lowest BCUT2D eigenvalue weighted by Gasteiger charge is -2.30. The van der Waals surface area contributed by atoms with Crippen molar-refractivity contribution in [3.63, 3.8) is 0 Å². The Morgan fingerprint density at radius 2 is 2.07 bits per heavy atom. The van der Waals surface area contributed by atoms with Crippen molar-refractivity contribution in [2.45, 2.75) is 25.1 Å². The molecule has 2 aliphatic heterocycles. The van der Waals surface area contributed by atoms with Gasteiger partial charge in [0, 0.05) is 30.6 Å². The third-order valence-corrected chi connectivity index (χ3v) is 4.93. The fourth-order valence-electron chi connectivity index (χ4n) is 3.74. The molecule has 144 valence electrons. The van der Waals surface area contributed by atoms with E-state index in [2.05, 4.69) is 15.2 Å². The Morgan fingerprint density at radius 3 is 2.81 bits per heavy atom. The lowest BCUT2D eigenvalue weighted by atomic mass is 9.97. The van der Waals surface area contributed by atoms with Gasteiger partial charge in [-0.1, -0.05) is 0 Å². The summed E-state index contributed by atoms with van der Waals surface area (Å²) in [6.45, 7) is 2.95. The summed E-state index contributed by atoms with van der Waals surface area (Å²) < 4.78 is 42.1. The normalized spacial score (nSPS) is 24.8. The summed E-state index contributed by atoms with van der Waals surface area (Å²) >= 11 is 0. The molecule has 0 saturated carbocycles. The van der Waals surface area contributed by atoms with Crippen LogP contribution in [-0.2, 0) is 4.79 Å². The minimum atomic E-state index is -5.02. The molecule has 1 unspecified atom stereocenters. The van der Waals surface area contributed by atoms with E-state index in [1.165, 1.54) is 18.3 Å². The molecule has 4 rings (SSSR count). The number of nitrogens with zero attached hydrogens (tertiary/aromatic N) is 2. The molecular formula is C17H17F3N4O3. The smallest absolute Gasteiger partial charge is 0.439 e. The van der Waals surface area contributed by atoms with Crippen molar-refractivity contribution in [1.29, 1.82) is 0 Å². The first-order chi connectivity index (χ1) is 12.8. The van der Waals surface area contributed by atoms with E-state index in [0.717, 1.165) is 32.5 Å². The van der Waals surface area contributed by atoms with Crippen molar-refractivity contribution in [2.75, 3.05) is 25.0 Å². The number of hydrogen-bond donors (Lipinski definition) is 2. The maximum atomic E-state index is 12.5. The molecule has 10 heteroatoms. The molecule has 2 fully saturated rings. The Bertz CT molecular complexity index is 883. The highest BCUT2D eigenvalue weighted by atomic mass is 19.4. The molecule has 0 radical (unpaired) electrons. The number of amides is 2. The fourth-order valence-corrected chi connectivity index (χ4v) is 3.74. The van der Waals surface area contributed by atoms with Gasteiger partial charge in [-0.25, -0.2) is 4.98 Å². The number of furan rings is 1. The fraction of sp³-hybridized carbons (Fsp3) is 0.471. The molecule has 2 aromatic heterocycles. The van der Waals surface area contributed by atoms with Crippen LogP contribution in [0, 0.1) is 5.92 Å². The molecule has 2 saturated heterocycles. The van der Waals surface area contributed by atoms with Gasteiger partial charge in [-0.3, -0.25) is 14.9 Å². The van der Waals surface area contributed by atoms with Crippen LogP contribution in [0.2, 0.25) is 0 Å². The summed E-state index contributed by atoms with van der Waals surface area (Å²) in [6.07, 6.45) is -1.68. The monoisotopic (exact) mass is 382 g/mol. The summed E-state index contributed by atoms with van der Waals surface area (Å²) in [5, 5.41) is 4.98.